The SMILES string of the molecule is Cc1cc(C)n(CCCN(C)C(=O)c2c(Cl)ccc3ncccc23)n1. The fraction of sp³-hybridized carbons (Fsp3) is 0.316. The van der Waals surface area contributed by atoms with Crippen LogP contribution in [-0.2, 0) is 6.54 Å². The molecule has 1 aromatic carbocycles. The van der Waals surface area contributed by atoms with Crippen LogP contribution in [0.1, 0.15) is 28.2 Å². The number of nitrogens with zero attached hydrogens (tertiary/aromatic N) is 4. The summed E-state index contributed by atoms with van der Waals surface area (Å²) >= 11 is 6.31. The molecule has 25 heavy (non-hydrogen) atoms. The molecule has 0 saturated carbocycles. The molecule has 130 valence electrons. The Bertz CT molecular complexity index is 919. The molecule has 2 aromatic heterocycles. The normalized spacial score (nSPS) is 11.0. The molecule has 0 spiro atoms. The zero-order chi connectivity index (χ0) is 18.0. The van der Waals surface area contributed by atoms with Crippen molar-refractivity contribution in [2.75, 3.05) is 13.6 Å². The van der Waals surface area contributed by atoms with E-state index < -0.39 is 0 Å². The number of hydrogen-bond acceptors (Lipinski definition) is 3. The lowest BCUT2D eigenvalue weighted by atomic mass is 10.1. The first kappa shape index (κ1) is 17.4. The van der Waals surface area contributed by atoms with Crippen molar-refractivity contribution in [1.29, 1.82) is 0 Å². The Kier molecular flexibility index (Phi) is 5.04. The molecule has 0 aliphatic rings. The van der Waals surface area contributed by atoms with Gasteiger partial charge in [0.25, 0.3) is 5.91 Å². The molecule has 6 heteroatoms. The second kappa shape index (κ2) is 7.23. The van der Waals surface area contributed by atoms with E-state index in [2.05, 4.69) is 16.1 Å². The molecule has 0 unspecified atom stereocenters. The van der Waals surface area contributed by atoms with E-state index in [9.17, 15) is 4.79 Å². The lowest BCUT2D eigenvalue weighted by Crippen LogP contribution is -2.29. The Morgan fingerprint density at radius 3 is 2.80 bits per heavy atom. The summed E-state index contributed by atoms with van der Waals surface area (Å²) in [4.78, 5) is 18.9. The third kappa shape index (κ3) is 3.66. The number of rotatable bonds is 5. The summed E-state index contributed by atoms with van der Waals surface area (Å²) in [5.74, 6) is -0.0861. The van der Waals surface area contributed by atoms with Gasteiger partial charge in [0.15, 0.2) is 0 Å². The highest BCUT2D eigenvalue weighted by molar-refractivity contribution is 6.35. The first-order chi connectivity index (χ1) is 12.0. The third-order valence-electron chi connectivity index (χ3n) is 4.26. The molecule has 2 heterocycles. The zero-order valence-corrected chi connectivity index (χ0v) is 15.4. The number of halogens is 1. The van der Waals surface area contributed by atoms with Crippen molar-refractivity contribution in [3.63, 3.8) is 0 Å². The second-order valence-electron chi connectivity index (χ2n) is 6.22. The summed E-state index contributed by atoms with van der Waals surface area (Å²) < 4.78 is 1.97. The van der Waals surface area contributed by atoms with Crippen LogP contribution in [-0.4, -0.2) is 39.2 Å². The zero-order valence-electron chi connectivity index (χ0n) is 14.7. The van der Waals surface area contributed by atoms with Crippen LogP contribution >= 0.6 is 11.6 Å². The predicted molar refractivity (Wildman–Crippen MR) is 100 cm³/mol. The maximum atomic E-state index is 12.9. The van der Waals surface area contributed by atoms with Crippen molar-refractivity contribution in [3.05, 3.63) is 58.5 Å². The molecule has 3 aromatic rings. The van der Waals surface area contributed by atoms with Gasteiger partial charge in [-0.2, -0.15) is 5.10 Å². The van der Waals surface area contributed by atoms with Gasteiger partial charge in [0.05, 0.1) is 21.8 Å². The van der Waals surface area contributed by atoms with Gasteiger partial charge in [-0.25, -0.2) is 0 Å². The van der Waals surface area contributed by atoms with E-state index in [1.165, 1.54) is 0 Å². The summed E-state index contributed by atoms with van der Waals surface area (Å²) in [5, 5.41) is 5.69. The van der Waals surface area contributed by atoms with E-state index in [0.717, 1.165) is 35.3 Å². The van der Waals surface area contributed by atoms with Gasteiger partial charge >= 0.3 is 0 Å². The van der Waals surface area contributed by atoms with Crippen LogP contribution in [0.15, 0.2) is 36.5 Å². The number of amides is 1. The Balaban J connectivity index is 1.72. The van der Waals surface area contributed by atoms with Crippen molar-refractivity contribution in [3.8, 4) is 0 Å². The van der Waals surface area contributed by atoms with Crippen molar-refractivity contribution < 1.29 is 4.79 Å². The van der Waals surface area contributed by atoms with Crippen LogP contribution in [0.2, 0.25) is 5.02 Å². The van der Waals surface area contributed by atoms with Gasteiger partial charge in [-0.3, -0.25) is 14.5 Å². The van der Waals surface area contributed by atoms with Gasteiger partial charge in [0, 0.05) is 37.4 Å². The fourth-order valence-electron chi connectivity index (χ4n) is 2.99. The number of aryl methyl sites for hydroxylation is 3. The predicted octanol–water partition coefficient (Wildman–Crippen LogP) is 3.86. The molecular formula is C19H21ClN4O. The number of hydrogen-bond donors (Lipinski definition) is 0. The van der Waals surface area contributed by atoms with Gasteiger partial charge in [0.1, 0.15) is 0 Å². The molecule has 0 atom stereocenters. The highest BCUT2D eigenvalue weighted by Gasteiger charge is 2.18. The number of aromatic nitrogens is 3. The lowest BCUT2D eigenvalue weighted by Gasteiger charge is -2.19. The smallest absolute Gasteiger partial charge is 0.255 e. The topological polar surface area (TPSA) is 51.0 Å². The summed E-state index contributed by atoms with van der Waals surface area (Å²) in [7, 11) is 1.80. The summed E-state index contributed by atoms with van der Waals surface area (Å²) in [6, 6.07) is 9.31. The molecule has 0 bridgehead atoms. The molecule has 3 rings (SSSR count). The molecule has 1 amide bonds. The molecule has 0 N–H and O–H groups in total. The van der Waals surface area contributed by atoms with Gasteiger partial charge in [-0.1, -0.05) is 17.7 Å². The summed E-state index contributed by atoms with van der Waals surface area (Å²) in [5.41, 5.74) is 3.43. The van der Waals surface area contributed by atoms with E-state index in [4.69, 9.17) is 11.6 Å². The minimum absolute atomic E-state index is 0.0861. The van der Waals surface area contributed by atoms with Gasteiger partial charge in [-0.05, 0) is 44.5 Å². The Morgan fingerprint density at radius 1 is 1.28 bits per heavy atom. The first-order valence-corrected chi connectivity index (χ1v) is 8.65. The van der Waals surface area contributed by atoms with Crippen LogP contribution in [0, 0.1) is 13.8 Å². The van der Waals surface area contributed by atoms with Crippen LogP contribution < -0.4 is 0 Å². The largest absolute Gasteiger partial charge is 0.342 e. The molecule has 5 nitrogen and oxygen atoms in total. The first-order valence-electron chi connectivity index (χ1n) is 8.27. The van der Waals surface area contributed by atoms with Crippen molar-refractivity contribution in [1.82, 2.24) is 19.7 Å². The summed E-state index contributed by atoms with van der Waals surface area (Å²) in [6.07, 6.45) is 2.54. The third-order valence-corrected chi connectivity index (χ3v) is 4.58. The van der Waals surface area contributed by atoms with Crippen molar-refractivity contribution in [2.24, 2.45) is 0 Å². The number of fused-ring (bicyclic) bond motifs is 1. The van der Waals surface area contributed by atoms with Gasteiger partial charge in [0.2, 0.25) is 0 Å². The monoisotopic (exact) mass is 356 g/mol. The quantitative estimate of drug-likeness (QED) is 0.697. The number of carbonyl (C=O) groups excluding carboxylic acids is 1. The number of pyridine rings is 1. The number of carbonyl (C=O) groups is 1. The average Bonchev–Trinajstić information content (AvgIpc) is 2.91. The van der Waals surface area contributed by atoms with Crippen molar-refractivity contribution >= 4 is 28.4 Å². The molecule has 0 radical (unpaired) electrons. The Hall–Kier alpha value is -2.40. The molecule has 0 aliphatic heterocycles. The van der Waals surface area contributed by atoms with Crippen LogP contribution in [0.5, 0.6) is 0 Å². The Labute approximate surface area is 152 Å². The lowest BCUT2D eigenvalue weighted by molar-refractivity contribution is 0.0793. The highest BCUT2D eigenvalue weighted by atomic mass is 35.5. The molecule has 0 aliphatic carbocycles. The van der Waals surface area contributed by atoms with E-state index in [0.29, 0.717) is 17.1 Å². The average molecular weight is 357 g/mol. The van der Waals surface area contributed by atoms with Gasteiger partial charge < -0.3 is 4.90 Å². The van der Waals surface area contributed by atoms with E-state index in [1.807, 2.05) is 36.7 Å². The van der Waals surface area contributed by atoms with E-state index in [1.54, 1.807) is 24.2 Å². The Morgan fingerprint density at radius 2 is 2.08 bits per heavy atom. The maximum absolute atomic E-state index is 12.9. The van der Waals surface area contributed by atoms with Crippen LogP contribution in [0.4, 0.5) is 0 Å². The number of benzene rings is 1. The van der Waals surface area contributed by atoms with Crippen molar-refractivity contribution in [2.45, 2.75) is 26.8 Å². The fourth-order valence-corrected chi connectivity index (χ4v) is 3.24. The summed E-state index contributed by atoms with van der Waals surface area (Å²) in [6.45, 7) is 5.43. The molecular weight excluding hydrogens is 336 g/mol. The standard InChI is InChI=1S/C19H21ClN4O/c1-13-12-14(2)24(22-13)11-5-10-23(3)19(25)18-15-6-4-9-21-17(15)8-7-16(18)20/h4,6-9,12H,5,10-11H2,1-3H3. The van der Waals surface area contributed by atoms with Gasteiger partial charge in [-0.15, -0.1) is 0 Å². The second-order valence-corrected chi connectivity index (χ2v) is 6.63. The molecule has 0 saturated heterocycles. The minimum atomic E-state index is -0.0861. The maximum Gasteiger partial charge on any atom is 0.255 e. The highest BCUT2D eigenvalue weighted by Crippen LogP contribution is 2.26. The van der Waals surface area contributed by atoms with Crippen LogP contribution in [0.3, 0.4) is 0 Å². The minimum Gasteiger partial charge on any atom is -0.342 e. The van der Waals surface area contributed by atoms with Crippen LogP contribution in [0.25, 0.3) is 10.9 Å². The molecule has 0 fully saturated rings. The van der Waals surface area contributed by atoms with E-state index >= 15 is 0 Å². The van der Waals surface area contributed by atoms with E-state index in [-0.39, 0.29) is 5.91 Å².